The van der Waals surface area contributed by atoms with Crippen molar-refractivity contribution in [2.24, 2.45) is 0 Å². The number of hydrogen-bond acceptors (Lipinski definition) is 8. The van der Waals surface area contributed by atoms with Crippen LogP contribution in [0.15, 0.2) is 65.4 Å². The molecule has 1 aliphatic rings. The van der Waals surface area contributed by atoms with Crippen molar-refractivity contribution < 1.29 is 13.9 Å². The van der Waals surface area contributed by atoms with E-state index in [1.807, 2.05) is 38.9 Å². The second-order valence-corrected chi connectivity index (χ2v) is 10.4. The number of nitrogens with zero attached hydrogens (tertiary/aromatic N) is 6. The highest BCUT2D eigenvalue weighted by molar-refractivity contribution is 7.99. The molecule has 37 heavy (non-hydrogen) atoms. The third-order valence-corrected chi connectivity index (χ3v) is 8.31. The average molecular weight is 535 g/mol. The van der Waals surface area contributed by atoms with Crippen LogP contribution in [-0.4, -0.2) is 69.4 Å². The molecule has 0 saturated carbocycles. The number of thioether (sulfide) groups is 1. The number of methoxy groups -OCH3 is 1. The molecule has 1 aliphatic heterocycles. The van der Waals surface area contributed by atoms with Gasteiger partial charge in [-0.25, -0.2) is 9.37 Å². The number of rotatable bonds is 6. The third-order valence-electron chi connectivity index (χ3n) is 6.50. The van der Waals surface area contributed by atoms with Gasteiger partial charge in [0.05, 0.1) is 18.2 Å². The molecule has 0 atom stereocenters. The number of fused-ring (bicyclic) bond motifs is 3. The van der Waals surface area contributed by atoms with Crippen LogP contribution < -0.4 is 9.64 Å². The Bertz CT molecular complexity index is 1560. The predicted octanol–water partition coefficient (Wildman–Crippen LogP) is 4.59. The molecular formula is C26H23FN6O2S2. The van der Waals surface area contributed by atoms with E-state index in [0.717, 1.165) is 45.9 Å². The lowest BCUT2D eigenvalue weighted by Gasteiger charge is -2.36. The number of piperazine rings is 1. The first kappa shape index (κ1) is 23.7. The molecular weight excluding hydrogens is 511 g/mol. The molecule has 1 saturated heterocycles. The Labute approximate surface area is 220 Å². The lowest BCUT2D eigenvalue weighted by molar-refractivity contribution is -0.128. The minimum absolute atomic E-state index is 0.0766. The van der Waals surface area contributed by atoms with Gasteiger partial charge in [0.2, 0.25) is 5.91 Å². The summed E-state index contributed by atoms with van der Waals surface area (Å²) in [5, 5.41) is 12.3. The highest BCUT2D eigenvalue weighted by Gasteiger charge is 2.23. The van der Waals surface area contributed by atoms with Gasteiger partial charge < -0.3 is 14.5 Å². The molecule has 8 nitrogen and oxygen atoms in total. The maximum Gasteiger partial charge on any atom is 0.233 e. The van der Waals surface area contributed by atoms with E-state index in [-0.39, 0.29) is 17.5 Å². The molecule has 1 amide bonds. The minimum atomic E-state index is -0.278. The van der Waals surface area contributed by atoms with Crippen LogP contribution in [0.25, 0.3) is 27.0 Å². The standard InChI is InChI=1S/C26H23FN6O2S2/c1-35-20-8-6-19(7-9-20)31-10-12-32(13-11-31)22(34)15-37-26-30-29-24-23-21(17-2-4-18(27)5-3-17)14-36-25(23)28-16-33(24)26/h2-9,14,16H,10-13,15H2,1H3. The normalized spacial score (nSPS) is 14.0. The Hall–Kier alpha value is -3.70. The number of ether oxygens (including phenoxy) is 1. The molecule has 2 aromatic carbocycles. The van der Waals surface area contributed by atoms with E-state index in [2.05, 4.69) is 20.1 Å². The van der Waals surface area contributed by atoms with E-state index in [9.17, 15) is 9.18 Å². The van der Waals surface area contributed by atoms with E-state index in [4.69, 9.17) is 4.74 Å². The summed E-state index contributed by atoms with van der Waals surface area (Å²) >= 11 is 2.87. The summed E-state index contributed by atoms with van der Waals surface area (Å²) in [7, 11) is 1.66. The summed E-state index contributed by atoms with van der Waals surface area (Å²) in [5.41, 5.74) is 3.63. The monoisotopic (exact) mass is 534 g/mol. The summed E-state index contributed by atoms with van der Waals surface area (Å²) in [5.74, 6) is 0.903. The van der Waals surface area contributed by atoms with Gasteiger partial charge in [-0.1, -0.05) is 23.9 Å². The Morgan fingerprint density at radius 1 is 1.05 bits per heavy atom. The first-order valence-electron chi connectivity index (χ1n) is 11.8. The highest BCUT2D eigenvalue weighted by atomic mass is 32.2. The number of carbonyl (C=O) groups excluding carboxylic acids is 1. The van der Waals surface area contributed by atoms with E-state index in [1.54, 1.807) is 25.6 Å². The number of benzene rings is 2. The Morgan fingerprint density at radius 2 is 1.81 bits per heavy atom. The smallest absolute Gasteiger partial charge is 0.233 e. The molecule has 4 heterocycles. The van der Waals surface area contributed by atoms with Crippen molar-refractivity contribution in [3.05, 3.63) is 66.1 Å². The van der Waals surface area contributed by atoms with Gasteiger partial charge in [-0.2, -0.15) is 0 Å². The molecule has 0 aliphatic carbocycles. The van der Waals surface area contributed by atoms with Crippen molar-refractivity contribution in [3.63, 3.8) is 0 Å². The van der Waals surface area contributed by atoms with Crippen molar-refractivity contribution in [1.29, 1.82) is 0 Å². The second kappa shape index (κ2) is 9.98. The third kappa shape index (κ3) is 4.60. The van der Waals surface area contributed by atoms with Crippen LogP contribution in [0.4, 0.5) is 10.1 Å². The molecule has 1 fully saturated rings. The molecule has 11 heteroatoms. The first-order valence-corrected chi connectivity index (χ1v) is 13.6. The Kier molecular flexibility index (Phi) is 6.39. The van der Waals surface area contributed by atoms with Crippen molar-refractivity contribution in [3.8, 4) is 16.9 Å². The predicted molar refractivity (Wildman–Crippen MR) is 144 cm³/mol. The van der Waals surface area contributed by atoms with Crippen LogP contribution in [0.3, 0.4) is 0 Å². The molecule has 3 aromatic heterocycles. The number of amides is 1. The van der Waals surface area contributed by atoms with Crippen LogP contribution in [0.1, 0.15) is 0 Å². The summed E-state index contributed by atoms with van der Waals surface area (Å²) in [4.78, 5) is 22.6. The van der Waals surface area contributed by atoms with Crippen molar-refractivity contribution in [2.45, 2.75) is 5.16 Å². The number of aromatic nitrogens is 4. The van der Waals surface area contributed by atoms with Crippen molar-refractivity contribution >= 4 is 50.6 Å². The second-order valence-electron chi connectivity index (χ2n) is 8.61. The summed E-state index contributed by atoms with van der Waals surface area (Å²) < 4.78 is 20.5. The SMILES string of the molecule is COc1ccc(N2CCN(C(=O)CSc3nnc4c5c(-c6ccc(F)cc6)csc5ncn34)CC2)cc1. The van der Waals surface area contributed by atoms with Crippen molar-refractivity contribution in [1.82, 2.24) is 24.5 Å². The van der Waals surface area contributed by atoms with Crippen LogP contribution in [-0.2, 0) is 4.79 Å². The number of halogens is 1. The number of thiophene rings is 1. The zero-order valence-electron chi connectivity index (χ0n) is 20.0. The maximum atomic E-state index is 13.4. The number of anilines is 1. The highest BCUT2D eigenvalue weighted by Crippen LogP contribution is 2.36. The molecule has 0 radical (unpaired) electrons. The summed E-state index contributed by atoms with van der Waals surface area (Å²) in [6.07, 6.45) is 1.70. The van der Waals surface area contributed by atoms with Gasteiger partial charge >= 0.3 is 0 Å². The van der Waals surface area contributed by atoms with Crippen LogP contribution in [0.5, 0.6) is 5.75 Å². The van der Waals surface area contributed by atoms with E-state index < -0.39 is 0 Å². The van der Waals surface area contributed by atoms with Gasteiger partial charge in [0, 0.05) is 42.8 Å². The summed E-state index contributed by atoms with van der Waals surface area (Å²) in [6.45, 7) is 2.90. The molecule has 0 unspecified atom stereocenters. The van der Waals surface area contributed by atoms with Gasteiger partial charge in [0.1, 0.15) is 22.7 Å². The lowest BCUT2D eigenvalue weighted by atomic mass is 10.1. The zero-order chi connectivity index (χ0) is 25.4. The molecule has 0 spiro atoms. The fraction of sp³-hybridized carbons (Fsp3) is 0.231. The zero-order valence-corrected chi connectivity index (χ0v) is 21.6. The molecule has 188 valence electrons. The Morgan fingerprint density at radius 3 is 2.54 bits per heavy atom. The maximum absolute atomic E-state index is 13.4. The van der Waals surface area contributed by atoms with E-state index >= 15 is 0 Å². The number of hydrogen-bond donors (Lipinski definition) is 0. The Balaban J connectivity index is 1.14. The van der Waals surface area contributed by atoms with Gasteiger partial charge in [-0.15, -0.1) is 21.5 Å². The largest absolute Gasteiger partial charge is 0.497 e. The van der Waals surface area contributed by atoms with Gasteiger partial charge in [0.25, 0.3) is 0 Å². The van der Waals surface area contributed by atoms with Crippen LogP contribution >= 0.6 is 23.1 Å². The minimum Gasteiger partial charge on any atom is -0.497 e. The topological polar surface area (TPSA) is 75.9 Å². The van der Waals surface area contributed by atoms with Gasteiger partial charge in [0.15, 0.2) is 10.8 Å². The van der Waals surface area contributed by atoms with Gasteiger partial charge in [-0.3, -0.25) is 9.20 Å². The average Bonchev–Trinajstić information content (AvgIpc) is 3.56. The van der Waals surface area contributed by atoms with Crippen LogP contribution in [0.2, 0.25) is 0 Å². The fourth-order valence-corrected chi connectivity index (χ4v) is 6.20. The van der Waals surface area contributed by atoms with Crippen molar-refractivity contribution in [2.75, 3.05) is 43.9 Å². The molecule has 5 aromatic rings. The van der Waals surface area contributed by atoms with E-state index in [0.29, 0.717) is 23.9 Å². The van der Waals surface area contributed by atoms with Gasteiger partial charge in [-0.05, 0) is 42.0 Å². The fourth-order valence-electron chi connectivity index (χ4n) is 4.49. The molecule has 0 N–H and O–H groups in total. The molecule has 6 rings (SSSR count). The first-order chi connectivity index (χ1) is 18.1. The lowest BCUT2D eigenvalue weighted by Crippen LogP contribution is -2.49. The number of carbonyl (C=O) groups is 1. The van der Waals surface area contributed by atoms with Crippen LogP contribution in [0, 0.1) is 5.82 Å². The molecule has 0 bridgehead atoms. The van der Waals surface area contributed by atoms with E-state index in [1.165, 1.54) is 35.2 Å². The quantitative estimate of drug-likeness (QED) is 0.295. The summed E-state index contributed by atoms with van der Waals surface area (Å²) in [6, 6.07) is 14.4.